The molecular formula is C17H24N2O2. The molecule has 0 spiro atoms. The summed E-state index contributed by atoms with van der Waals surface area (Å²) in [6, 6.07) is 4.97. The van der Waals surface area contributed by atoms with Gasteiger partial charge in [0.15, 0.2) is 11.5 Å². The maximum Gasteiger partial charge on any atom is 0.161 e. The van der Waals surface area contributed by atoms with Crippen LogP contribution in [0.4, 0.5) is 0 Å². The SMILES string of the molecule is COc1cc2c(cc1OC)[C@H]1CCN3CCC[C@H]3N1CC2. The Labute approximate surface area is 126 Å². The van der Waals surface area contributed by atoms with Crippen LogP contribution >= 0.6 is 0 Å². The molecule has 4 rings (SSSR count). The molecule has 0 aromatic heterocycles. The maximum atomic E-state index is 5.51. The number of ether oxygens (including phenoxy) is 2. The summed E-state index contributed by atoms with van der Waals surface area (Å²) in [7, 11) is 3.45. The molecule has 2 fully saturated rings. The quantitative estimate of drug-likeness (QED) is 0.834. The van der Waals surface area contributed by atoms with Gasteiger partial charge in [-0.1, -0.05) is 0 Å². The molecule has 21 heavy (non-hydrogen) atoms. The molecule has 0 bridgehead atoms. The van der Waals surface area contributed by atoms with E-state index in [-0.39, 0.29) is 0 Å². The summed E-state index contributed by atoms with van der Waals surface area (Å²) in [6.45, 7) is 3.70. The van der Waals surface area contributed by atoms with Gasteiger partial charge in [0, 0.05) is 19.1 Å². The third kappa shape index (κ3) is 2.04. The summed E-state index contributed by atoms with van der Waals surface area (Å²) in [6.07, 6.45) is 5.71. The minimum atomic E-state index is 0.563. The lowest BCUT2D eigenvalue weighted by atomic mass is 9.88. The molecule has 2 saturated heterocycles. The van der Waals surface area contributed by atoms with E-state index in [0.29, 0.717) is 12.2 Å². The molecule has 1 aromatic carbocycles. The minimum absolute atomic E-state index is 0.563. The van der Waals surface area contributed by atoms with Gasteiger partial charge in [0.1, 0.15) is 0 Å². The third-order valence-electron chi connectivity index (χ3n) is 5.45. The van der Waals surface area contributed by atoms with Gasteiger partial charge in [-0.05, 0) is 55.5 Å². The molecule has 3 aliphatic heterocycles. The zero-order valence-electron chi connectivity index (χ0n) is 13.0. The molecule has 0 aliphatic carbocycles. The Hall–Kier alpha value is -1.26. The van der Waals surface area contributed by atoms with Crippen LogP contribution in [0.2, 0.25) is 0 Å². The van der Waals surface area contributed by atoms with E-state index in [1.807, 2.05) is 0 Å². The number of fused-ring (bicyclic) bond motifs is 5. The summed E-state index contributed by atoms with van der Waals surface area (Å²) in [4.78, 5) is 5.40. The van der Waals surface area contributed by atoms with E-state index >= 15 is 0 Å². The Balaban J connectivity index is 1.72. The zero-order valence-corrected chi connectivity index (χ0v) is 13.0. The van der Waals surface area contributed by atoms with Crippen molar-refractivity contribution < 1.29 is 9.47 Å². The average molecular weight is 288 g/mol. The molecule has 0 N–H and O–H groups in total. The fourth-order valence-electron chi connectivity index (χ4n) is 4.46. The molecule has 3 heterocycles. The first-order valence-electron chi connectivity index (χ1n) is 8.06. The summed E-state index contributed by atoms with van der Waals surface area (Å²) in [5.74, 6) is 1.73. The van der Waals surface area contributed by atoms with Gasteiger partial charge in [-0.3, -0.25) is 9.80 Å². The molecule has 4 nitrogen and oxygen atoms in total. The third-order valence-corrected chi connectivity index (χ3v) is 5.45. The number of methoxy groups -OCH3 is 2. The first-order chi connectivity index (χ1) is 10.3. The van der Waals surface area contributed by atoms with Crippen LogP contribution < -0.4 is 9.47 Å². The van der Waals surface area contributed by atoms with Gasteiger partial charge in [-0.15, -0.1) is 0 Å². The van der Waals surface area contributed by atoms with Gasteiger partial charge in [-0.2, -0.15) is 0 Å². The normalized spacial score (nSPS) is 28.7. The number of hydrogen-bond acceptors (Lipinski definition) is 4. The van der Waals surface area contributed by atoms with Crippen molar-refractivity contribution in [2.75, 3.05) is 33.9 Å². The molecule has 3 aliphatic rings. The van der Waals surface area contributed by atoms with Gasteiger partial charge in [-0.25, -0.2) is 0 Å². The molecule has 0 amide bonds. The monoisotopic (exact) mass is 288 g/mol. The van der Waals surface area contributed by atoms with Crippen LogP contribution in [-0.4, -0.2) is 49.8 Å². The first-order valence-corrected chi connectivity index (χ1v) is 8.06. The lowest BCUT2D eigenvalue weighted by molar-refractivity contribution is -0.0151. The second kappa shape index (κ2) is 5.18. The fraction of sp³-hybridized carbons (Fsp3) is 0.647. The van der Waals surface area contributed by atoms with E-state index in [4.69, 9.17) is 9.47 Å². The Morgan fingerprint density at radius 2 is 1.81 bits per heavy atom. The molecule has 0 saturated carbocycles. The molecule has 1 aromatic rings. The van der Waals surface area contributed by atoms with Crippen molar-refractivity contribution in [1.82, 2.24) is 9.80 Å². The Kier molecular flexibility index (Phi) is 3.31. The standard InChI is InChI=1S/C17H24N2O2/c1-20-15-10-12-5-9-19-14(13(12)11-16(15)21-2)6-8-18-7-3-4-17(18)19/h10-11,14,17H,3-9H2,1-2H3/t14-,17-/m1/s1. The fourth-order valence-corrected chi connectivity index (χ4v) is 4.46. The van der Waals surface area contributed by atoms with Crippen LogP contribution in [0.25, 0.3) is 0 Å². The predicted octanol–water partition coefficient (Wildman–Crippen LogP) is 2.43. The summed E-state index contributed by atoms with van der Waals surface area (Å²) < 4.78 is 11.0. The highest BCUT2D eigenvalue weighted by Crippen LogP contribution is 2.43. The van der Waals surface area contributed by atoms with Crippen molar-refractivity contribution in [3.8, 4) is 11.5 Å². The number of nitrogens with zero attached hydrogens (tertiary/aromatic N) is 2. The lowest BCUT2D eigenvalue weighted by Crippen LogP contribution is -2.53. The number of benzene rings is 1. The van der Waals surface area contributed by atoms with Gasteiger partial charge < -0.3 is 9.47 Å². The zero-order chi connectivity index (χ0) is 14.4. The molecule has 4 heteroatoms. The van der Waals surface area contributed by atoms with Crippen LogP contribution in [0, 0.1) is 0 Å². The van der Waals surface area contributed by atoms with E-state index < -0.39 is 0 Å². The van der Waals surface area contributed by atoms with Gasteiger partial charge in [0.25, 0.3) is 0 Å². The van der Waals surface area contributed by atoms with Crippen molar-refractivity contribution in [2.24, 2.45) is 0 Å². The first kappa shape index (κ1) is 13.4. The lowest BCUT2D eigenvalue weighted by Gasteiger charge is -2.48. The topological polar surface area (TPSA) is 24.9 Å². The Morgan fingerprint density at radius 3 is 2.62 bits per heavy atom. The van der Waals surface area contributed by atoms with E-state index in [9.17, 15) is 0 Å². The molecular weight excluding hydrogens is 264 g/mol. The maximum absolute atomic E-state index is 5.51. The van der Waals surface area contributed by atoms with Gasteiger partial charge >= 0.3 is 0 Å². The molecule has 0 radical (unpaired) electrons. The van der Waals surface area contributed by atoms with Gasteiger partial charge in [0.05, 0.1) is 20.4 Å². The number of hydrogen-bond donors (Lipinski definition) is 0. The van der Waals surface area contributed by atoms with Crippen LogP contribution in [-0.2, 0) is 6.42 Å². The van der Waals surface area contributed by atoms with Crippen LogP contribution in [0.3, 0.4) is 0 Å². The largest absolute Gasteiger partial charge is 0.493 e. The van der Waals surface area contributed by atoms with Crippen molar-refractivity contribution >= 4 is 0 Å². The van der Waals surface area contributed by atoms with Crippen molar-refractivity contribution in [3.05, 3.63) is 23.3 Å². The Morgan fingerprint density at radius 1 is 1.00 bits per heavy atom. The predicted molar refractivity (Wildman–Crippen MR) is 81.9 cm³/mol. The number of rotatable bonds is 2. The van der Waals surface area contributed by atoms with Crippen molar-refractivity contribution in [3.63, 3.8) is 0 Å². The van der Waals surface area contributed by atoms with E-state index in [1.165, 1.54) is 50.0 Å². The molecule has 114 valence electrons. The van der Waals surface area contributed by atoms with Crippen molar-refractivity contribution in [1.29, 1.82) is 0 Å². The van der Waals surface area contributed by atoms with E-state index in [2.05, 4.69) is 21.9 Å². The van der Waals surface area contributed by atoms with E-state index in [0.717, 1.165) is 17.9 Å². The minimum Gasteiger partial charge on any atom is -0.493 e. The second-order valence-electron chi connectivity index (χ2n) is 6.36. The highest BCUT2D eigenvalue weighted by molar-refractivity contribution is 5.49. The summed E-state index contributed by atoms with van der Waals surface area (Å²) >= 11 is 0. The average Bonchev–Trinajstić information content (AvgIpc) is 3.01. The van der Waals surface area contributed by atoms with Crippen molar-refractivity contribution in [2.45, 2.75) is 37.9 Å². The summed E-state index contributed by atoms with van der Waals surface area (Å²) in [5.41, 5.74) is 2.91. The van der Waals surface area contributed by atoms with E-state index in [1.54, 1.807) is 14.2 Å². The highest BCUT2D eigenvalue weighted by Gasteiger charge is 2.41. The second-order valence-corrected chi connectivity index (χ2v) is 6.36. The van der Waals surface area contributed by atoms with Crippen LogP contribution in [0.15, 0.2) is 12.1 Å². The molecule has 0 unspecified atom stereocenters. The smallest absolute Gasteiger partial charge is 0.161 e. The summed E-state index contributed by atoms with van der Waals surface area (Å²) in [5, 5.41) is 0. The molecule has 2 atom stereocenters. The highest BCUT2D eigenvalue weighted by atomic mass is 16.5. The van der Waals surface area contributed by atoms with Crippen LogP contribution in [0.1, 0.15) is 36.4 Å². The van der Waals surface area contributed by atoms with Crippen LogP contribution in [0.5, 0.6) is 11.5 Å². The van der Waals surface area contributed by atoms with Gasteiger partial charge in [0.2, 0.25) is 0 Å². The Bertz CT molecular complexity index is 546.